The Hall–Kier alpha value is -1.92. The summed E-state index contributed by atoms with van der Waals surface area (Å²) in [4.78, 5) is 3.11. The molecule has 148 valence electrons. The standard InChI is InChI=1S/C21H20ClF2NO2S/c1-11-5-16(11)20(15-4-3-13(22)7-19(15)24)18-9-25-21-12(10-28(2,26)27)6-14(23)8-17(18)21/h3-4,6-9,11,16,20,25H,5,10H2,1-2H3. The molecule has 0 bridgehead atoms. The van der Waals surface area contributed by atoms with Crippen LogP contribution in [0, 0.1) is 23.5 Å². The maximum absolute atomic E-state index is 14.7. The molecule has 0 spiro atoms. The average molecular weight is 424 g/mol. The number of aromatic nitrogens is 1. The summed E-state index contributed by atoms with van der Waals surface area (Å²) >= 11 is 5.92. The van der Waals surface area contributed by atoms with Gasteiger partial charge in [-0.1, -0.05) is 24.6 Å². The van der Waals surface area contributed by atoms with E-state index < -0.39 is 21.5 Å². The summed E-state index contributed by atoms with van der Waals surface area (Å²) in [6.45, 7) is 2.11. The van der Waals surface area contributed by atoms with Gasteiger partial charge in [-0.05, 0) is 59.2 Å². The molecule has 4 rings (SSSR count). The monoisotopic (exact) mass is 423 g/mol. The number of aromatic amines is 1. The first-order valence-electron chi connectivity index (χ1n) is 9.06. The van der Waals surface area contributed by atoms with Gasteiger partial charge >= 0.3 is 0 Å². The van der Waals surface area contributed by atoms with Crippen LogP contribution in [0.4, 0.5) is 8.78 Å². The zero-order chi connectivity index (χ0) is 20.2. The predicted molar refractivity (Wildman–Crippen MR) is 107 cm³/mol. The van der Waals surface area contributed by atoms with Gasteiger partial charge in [0.15, 0.2) is 9.84 Å². The van der Waals surface area contributed by atoms with Crippen molar-refractivity contribution in [3.63, 3.8) is 0 Å². The fourth-order valence-electron chi connectivity index (χ4n) is 4.14. The van der Waals surface area contributed by atoms with E-state index in [9.17, 15) is 17.2 Å². The molecule has 3 atom stereocenters. The highest BCUT2D eigenvalue weighted by molar-refractivity contribution is 7.89. The number of nitrogens with one attached hydrogen (secondary N) is 1. The highest BCUT2D eigenvalue weighted by Crippen LogP contribution is 2.53. The van der Waals surface area contributed by atoms with Crippen LogP contribution < -0.4 is 0 Å². The molecule has 1 fully saturated rings. The summed E-state index contributed by atoms with van der Waals surface area (Å²) in [5.74, 6) is -0.759. The van der Waals surface area contributed by atoms with Crippen LogP contribution in [0.25, 0.3) is 10.9 Å². The Kier molecular flexibility index (Phi) is 4.74. The molecule has 7 heteroatoms. The maximum Gasteiger partial charge on any atom is 0.151 e. The predicted octanol–water partition coefficient (Wildman–Crippen LogP) is 5.43. The van der Waals surface area contributed by atoms with Crippen molar-refractivity contribution in [3.05, 3.63) is 69.9 Å². The molecule has 0 amide bonds. The van der Waals surface area contributed by atoms with Crippen molar-refractivity contribution in [2.24, 2.45) is 11.8 Å². The summed E-state index contributed by atoms with van der Waals surface area (Å²) in [7, 11) is -3.33. The van der Waals surface area contributed by atoms with Gasteiger partial charge in [0.1, 0.15) is 11.6 Å². The summed E-state index contributed by atoms with van der Waals surface area (Å²) < 4.78 is 52.6. The molecule has 1 heterocycles. The second-order valence-corrected chi connectivity index (χ2v) is 10.4. The Morgan fingerprint density at radius 3 is 2.54 bits per heavy atom. The minimum atomic E-state index is -3.33. The largest absolute Gasteiger partial charge is 0.361 e. The Morgan fingerprint density at radius 2 is 1.93 bits per heavy atom. The average Bonchev–Trinajstić information content (AvgIpc) is 3.12. The Labute approximate surface area is 167 Å². The highest BCUT2D eigenvalue weighted by Gasteiger charge is 2.42. The van der Waals surface area contributed by atoms with Crippen LogP contribution in [0.1, 0.15) is 36.0 Å². The third-order valence-corrected chi connectivity index (χ3v) is 6.59. The normalized spacial score (nSPS) is 20.5. The number of fused-ring (bicyclic) bond motifs is 1. The smallest absolute Gasteiger partial charge is 0.151 e. The molecule has 1 aliphatic rings. The number of H-pyrrole nitrogens is 1. The van der Waals surface area contributed by atoms with E-state index in [4.69, 9.17) is 11.6 Å². The number of benzene rings is 2. The Morgan fingerprint density at radius 1 is 1.21 bits per heavy atom. The Bertz CT molecular complexity index is 1170. The lowest BCUT2D eigenvalue weighted by atomic mass is 9.85. The number of hydrogen-bond donors (Lipinski definition) is 1. The second kappa shape index (κ2) is 6.85. The third-order valence-electron chi connectivity index (χ3n) is 5.52. The molecule has 1 N–H and O–H groups in total. The molecule has 0 aliphatic heterocycles. The number of halogens is 3. The van der Waals surface area contributed by atoms with Gasteiger partial charge < -0.3 is 4.98 Å². The number of hydrogen-bond acceptors (Lipinski definition) is 2. The number of rotatable bonds is 5. The maximum atomic E-state index is 14.7. The van der Waals surface area contributed by atoms with Gasteiger partial charge in [-0.25, -0.2) is 17.2 Å². The molecular weight excluding hydrogens is 404 g/mol. The summed E-state index contributed by atoms with van der Waals surface area (Å²) in [5, 5.41) is 0.918. The van der Waals surface area contributed by atoms with E-state index in [1.54, 1.807) is 18.3 Å². The third kappa shape index (κ3) is 3.67. The Balaban J connectivity index is 1.90. The molecule has 2 aromatic carbocycles. The fourth-order valence-corrected chi connectivity index (χ4v) is 5.09. The molecule has 0 saturated heterocycles. The molecule has 3 aromatic rings. The van der Waals surface area contributed by atoms with E-state index >= 15 is 0 Å². The van der Waals surface area contributed by atoms with Gasteiger partial charge in [-0.15, -0.1) is 0 Å². The number of sulfone groups is 1. The minimum Gasteiger partial charge on any atom is -0.361 e. The lowest BCUT2D eigenvalue weighted by molar-refractivity contribution is 0.569. The van der Waals surface area contributed by atoms with E-state index in [1.807, 2.05) is 0 Å². The van der Waals surface area contributed by atoms with Crippen LogP contribution in [-0.4, -0.2) is 19.7 Å². The van der Waals surface area contributed by atoms with E-state index in [2.05, 4.69) is 11.9 Å². The highest BCUT2D eigenvalue weighted by atomic mass is 35.5. The first kappa shape index (κ1) is 19.4. The molecule has 0 radical (unpaired) electrons. The molecule has 3 nitrogen and oxygen atoms in total. The van der Waals surface area contributed by atoms with Gasteiger partial charge in [0, 0.05) is 28.8 Å². The van der Waals surface area contributed by atoms with Crippen LogP contribution in [0.15, 0.2) is 36.5 Å². The molecule has 3 unspecified atom stereocenters. The van der Waals surface area contributed by atoms with Gasteiger partial charge in [0.2, 0.25) is 0 Å². The van der Waals surface area contributed by atoms with Crippen molar-refractivity contribution in [1.82, 2.24) is 4.98 Å². The van der Waals surface area contributed by atoms with Crippen LogP contribution in [0.3, 0.4) is 0 Å². The van der Waals surface area contributed by atoms with Crippen molar-refractivity contribution in [2.45, 2.75) is 25.0 Å². The van der Waals surface area contributed by atoms with Crippen molar-refractivity contribution >= 4 is 32.3 Å². The summed E-state index contributed by atoms with van der Waals surface area (Å²) in [5.41, 5.74) is 2.26. The van der Waals surface area contributed by atoms with E-state index in [1.165, 1.54) is 18.2 Å². The van der Waals surface area contributed by atoms with Crippen molar-refractivity contribution in [3.8, 4) is 0 Å². The first-order chi connectivity index (χ1) is 13.1. The lowest BCUT2D eigenvalue weighted by Crippen LogP contribution is -2.07. The fraction of sp³-hybridized carbons (Fsp3) is 0.333. The lowest BCUT2D eigenvalue weighted by Gasteiger charge is -2.18. The zero-order valence-corrected chi connectivity index (χ0v) is 17.0. The van der Waals surface area contributed by atoms with Crippen LogP contribution >= 0.6 is 11.6 Å². The first-order valence-corrected chi connectivity index (χ1v) is 11.5. The SMILES string of the molecule is CC1CC1C(c1ccc(Cl)cc1F)c1c[nH]c2c(CS(C)(=O)=O)cc(F)cc12. The molecular formula is C21H20ClF2NO2S. The van der Waals surface area contributed by atoms with Gasteiger partial charge in [-0.2, -0.15) is 0 Å². The van der Waals surface area contributed by atoms with E-state index in [0.29, 0.717) is 33.0 Å². The van der Waals surface area contributed by atoms with E-state index in [0.717, 1.165) is 18.2 Å². The molecule has 1 aliphatic carbocycles. The molecule has 1 aromatic heterocycles. The summed E-state index contributed by atoms with van der Waals surface area (Å²) in [6.07, 6.45) is 3.82. The van der Waals surface area contributed by atoms with Gasteiger partial charge in [-0.3, -0.25) is 0 Å². The second-order valence-electron chi connectivity index (χ2n) is 7.82. The van der Waals surface area contributed by atoms with E-state index in [-0.39, 0.29) is 17.6 Å². The topological polar surface area (TPSA) is 49.9 Å². The minimum absolute atomic E-state index is 0.233. The molecule has 28 heavy (non-hydrogen) atoms. The van der Waals surface area contributed by atoms with Gasteiger partial charge in [0.25, 0.3) is 0 Å². The van der Waals surface area contributed by atoms with Crippen LogP contribution in [-0.2, 0) is 15.6 Å². The molecule has 1 saturated carbocycles. The van der Waals surface area contributed by atoms with Crippen molar-refractivity contribution in [2.75, 3.05) is 6.26 Å². The van der Waals surface area contributed by atoms with Crippen LogP contribution in [0.2, 0.25) is 5.02 Å². The summed E-state index contributed by atoms with van der Waals surface area (Å²) in [6, 6.07) is 7.26. The van der Waals surface area contributed by atoms with Crippen LogP contribution in [0.5, 0.6) is 0 Å². The van der Waals surface area contributed by atoms with Crippen molar-refractivity contribution < 1.29 is 17.2 Å². The van der Waals surface area contributed by atoms with Crippen molar-refractivity contribution in [1.29, 1.82) is 0 Å². The van der Waals surface area contributed by atoms with Gasteiger partial charge in [0.05, 0.1) is 11.3 Å². The quantitative estimate of drug-likeness (QED) is 0.594. The zero-order valence-electron chi connectivity index (χ0n) is 15.5.